The Balaban J connectivity index is 2.11. The lowest BCUT2D eigenvalue weighted by Crippen LogP contribution is -2.54. The van der Waals surface area contributed by atoms with Crippen molar-refractivity contribution in [2.45, 2.75) is 33.0 Å². The zero-order chi connectivity index (χ0) is 18.0. The van der Waals surface area contributed by atoms with Gasteiger partial charge in [-0.3, -0.25) is 0 Å². The van der Waals surface area contributed by atoms with Gasteiger partial charge in [-0.15, -0.1) is 11.3 Å². The Labute approximate surface area is 142 Å². The smallest absolute Gasteiger partial charge is 0.325 e. The zero-order valence-corrected chi connectivity index (χ0v) is 14.3. The summed E-state index contributed by atoms with van der Waals surface area (Å²) in [4.78, 5) is 16.1. The van der Waals surface area contributed by atoms with Crippen molar-refractivity contribution in [1.82, 2.24) is 10.3 Å². The van der Waals surface area contributed by atoms with E-state index in [0.717, 1.165) is 10.6 Å². The number of amides is 2. The van der Waals surface area contributed by atoms with Gasteiger partial charge < -0.3 is 10.6 Å². The third-order valence-electron chi connectivity index (χ3n) is 3.27. The molecule has 4 nitrogen and oxygen atoms in total. The second-order valence-corrected chi connectivity index (χ2v) is 7.25. The van der Waals surface area contributed by atoms with Crippen LogP contribution in [-0.2, 0) is 0 Å². The van der Waals surface area contributed by atoms with Crippen LogP contribution in [0, 0.1) is 5.41 Å². The molecule has 0 bridgehead atoms. The van der Waals surface area contributed by atoms with Crippen LogP contribution in [0.5, 0.6) is 0 Å². The van der Waals surface area contributed by atoms with Gasteiger partial charge in [0.2, 0.25) is 0 Å². The fourth-order valence-electron chi connectivity index (χ4n) is 2.18. The Hall–Kier alpha value is -2.09. The Morgan fingerprint density at radius 3 is 2.50 bits per heavy atom. The Kier molecular flexibility index (Phi) is 5.17. The van der Waals surface area contributed by atoms with Crippen molar-refractivity contribution >= 4 is 23.1 Å². The molecule has 0 spiro atoms. The minimum absolute atomic E-state index is 0.398. The van der Waals surface area contributed by atoms with Crippen molar-refractivity contribution in [2.75, 3.05) is 5.32 Å². The maximum Gasteiger partial charge on any atom is 0.409 e. The first kappa shape index (κ1) is 18.3. The van der Waals surface area contributed by atoms with E-state index in [-0.39, 0.29) is 0 Å². The number of hydrogen-bond acceptors (Lipinski definition) is 3. The molecular formula is C16H18F3N3OS. The molecule has 2 N–H and O–H groups in total. The zero-order valence-electron chi connectivity index (χ0n) is 13.4. The molecule has 0 saturated heterocycles. The third kappa shape index (κ3) is 4.70. The maximum atomic E-state index is 13.1. The Morgan fingerprint density at radius 1 is 1.25 bits per heavy atom. The molecule has 0 radical (unpaired) electrons. The van der Waals surface area contributed by atoms with Crippen molar-refractivity contribution in [3.63, 3.8) is 0 Å². The molecule has 0 aliphatic carbocycles. The van der Waals surface area contributed by atoms with Crippen LogP contribution < -0.4 is 10.6 Å². The minimum atomic E-state index is -4.53. The predicted octanol–water partition coefficient (Wildman–Crippen LogP) is 4.91. The number of anilines is 1. The third-order valence-corrected chi connectivity index (χ3v) is 4.09. The number of halogens is 3. The van der Waals surface area contributed by atoms with Gasteiger partial charge in [-0.2, -0.15) is 13.2 Å². The van der Waals surface area contributed by atoms with E-state index >= 15 is 0 Å². The summed E-state index contributed by atoms with van der Waals surface area (Å²) in [5.74, 6) is 0. The van der Waals surface area contributed by atoms with Gasteiger partial charge in [-0.1, -0.05) is 32.9 Å². The van der Waals surface area contributed by atoms with E-state index in [2.05, 4.69) is 10.3 Å². The predicted molar refractivity (Wildman–Crippen MR) is 89.0 cm³/mol. The van der Waals surface area contributed by atoms with E-state index in [4.69, 9.17) is 0 Å². The van der Waals surface area contributed by atoms with Gasteiger partial charge >= 0.3 is 12.2 Å². The largest absolute Gasteiger partial charge is 0.409 e. The van der Waals surface area contributed by atoms with Crippen LogP contribution >= 0.6 is 11.3 Å². The van der Waals surface area contributed by atoms with E-state index in [9.17, 15) is 18.0 Å². The molecular weight excluding hydrogens is 339 g/mol. The van der Waals surface area contributed by atoms with Crippen molar-refractivity contribution in [1.29, 1.82) is 0 Å². The summed E-state index contributed by atoms with van der Waals surface area (Å²) < 4.78 is 39.3. The highest BCUT2D eigenvalue weighted by molar-refractivity contribution is 7.13. The van der Waals surface area contributed by atoms with Crippen LogP contribution in [0.15, 0.2) is 35.8 Å². The lowest BCUT2D eigenvalue weighted by atomic mass is 9.86. The summed E-state index contributed by atoms with van der Waals surface area (Å²) in [6.45, 7) is 4.28. The molecule has 2 rings (SSSR count). The van der Waals surface area contributed by atoms with Gasteiger partial charge in [0.25, 0.3) is 0 Å². The molecule has 1 aromatic carbocycles. The average molecular weight is 357 g/mol. The van der Waals surface area contributed by atoms with Gasteiger partial charge in [-0.25, -0.2) is 9.78 Å². The van der Waals surface area contributed by atoms with Gasteiger partial charge in [0.15, 0.2) is 0 Å². The van der Waals surface area contributed by atoms with E-state index in [1.807, 2.05) is 16.8 Å². The summed E-state index contributed by atoms with van der Waals surface area (Å²) >= 11 is 1.43. The van der Waals surface area contributed by atoms with Gasteiger partial charge in [0.1, 0.15) is 11.0 Å². The van der Waals surface area contributed by atoms with Gasteiger partial charge in [0.05, 0.1) is 0 Å². The number of alkyl halides is 3. The Bertz CT molecular complexity index is 679. The monoisotopic (exact) mass is 357 g/mol. The van der Waals surface area contributed by atoms with Crippen molar-refractivity contribution < 1.29 is 18.0 Å². The van der Waals surface area contributed by atoms with Gasteiger partial charge in [-0.05, 0) is 17.5 Å². The number of carbonyl (C=O) groups excluding carboxylic acids is 1. The Morgan fingerprint density at radius 2 is 1.96 bits per heavy atom. The standard InChI is InChI=1S/C16H18F3N3OS/c1-15(2,3)13(16(17,18)19)22-14(23)21-11-6-4-5-10(9-11)12-20-7-8-24-12/h4-9,13H,1-3H3,(H2,21,22,23)/t13-/m1/s1. The molecule has 1 atom stereocenters. The number of benzene rings is 1. The molecule has 0 unspecified atom stereocenters. The fourth-order valence-corrected chi connectivity index (χ4v) is 2.82. The molecule has 1 aromatic heterocycles. The van der Waals surface area contributed by atoms with Crippen LogP contribution in [0.1, 0.15) is 20.8 Å². The van der Waals surface area contributed by atoms with E-state index < -0.39 is 23.7 Å². The average Bonchev–Trinajstić information content (AvgIpc) is 2.97. The summed E-state index contributed by atoms with van der Waals surface area (Å²) in [7, 11) is 0. The van der Waals surface area contributed by atoms with Crippen molar-refractivity contribution in [3.05, 3.63) is 35.8 Å². The van der Waals surface area contributed by atoms with Crippen molar-refractivity contribution in [3.8, 4) is 10.6 Å². The molecule has 2 aromatic rings. The molecule has 24 heavy (non-hydrogen) atoms. The number of nitrogens with zero attached hydrogens (tertiary/aromatic N) is 1. The number of carbonyl (C=O) groups is 1. The second-order valence-electron chi connectivity index (χ2n) is 6.36. The molecule has 130 valence electrons. The quantitative estimate of drug-likeness (QED) is 0.820. The molecule has 0 aliphatic rings. The number of hydrogen-bond donors (Lipinski definition) is 2. The normalized spacial score (nSPS) is 13.4. The number of thiazole rings is 1. The number of rotatable bonds is 3. The number of aromatic nitrogens is 1. The van der Waals surface area contributed by atoms with E-state index in [0.29, 0.717) is 5.69 Å². The molecule has 2 amide bonds. The minimum Gasteiger partial charge on any atom is -0.325 e. The summed E-state index contributed by atoms with van der Waals surface area (Å²) in [5.41, 5.74) is 0.0271. The molecule has 0 fully saturated rings. The summed E-state index contributed by atoms with van der Waals surface area (Å²) in [6, 6.07) is 3.94. The van der Waals surface area contributed by atoms with Crippen LogP contribution in [0.2, 0.25) is 0 Å². The molecule has 8 heteroatoms. The van der Waals surface area contributed by atoms with E-state index in [1.165, 1.54) is 32.1 Å². The van der Waals surface area contributed by atoms with Crippen LogP contribution in [0.25, 0.3) is 10.6 Å². The number of nitrogens with one attached hydrogen (secondary N) is 2. The van der Waals surface area contributed by atoms with Crippen LogP contribution in [-0.4, -0.2) is 23.2 Å². The number of urea groups is 1. The topological polar surface area (TPSA) is 54.0 Å². The summed E-state index contributed by atoms with van der Waals surface area (Å²) in [6.07, 6.45) is -2.87. The van der Waals surface area contributed by atoms with Crippen LogP contribution in [0.3, 0.4) is 0 Å². The fraction of sp³-hybridized carbons (Fsp3) is 0.375. The SMILES string of the molecule is CC(C)(C)[C@@H](NC(=O)Nc1cccc(-c2nccs2)c1)C(F)(F)F. The maximum absolute atomic E-state index is 13.1. The van der Waals surface area contributed by atoms with E-state index in [1.54, 1.807) is 24.4 Å². The van der Waals surface area contributed by atoms with Gasteiger partial charge in [0, 0.05) is 22.8 Å². The first-order chi connectivity index (χ1) is 11.1. The first-order valence-corrected chi connectivity index (χ1v) is 8.09. The highest BCUT2D eigenvalue weighted by Crippen LogP contribution is 2.33. The summed E-state index contributed by atoms with van der Waals surface area (Å²) in [5, 5.41) is 7.04. The van der Waals surface area contributed by atoms with Crippen LogP contribution in [0.4, 0.5) is 23.7 Å². The van der Waals surface area contributed by atoms with Crippen molar-refractivity contribution in [2.24, 2.45) is 5.41 Å². The molecule has 1 heterocycles. The molecule has 0 aliphatic heterocycles. The lowest BCUT2D eigenvalue weighted by Gasteiger charge is -2.32. The highest BCUT2D eigenvalue weighted by Gasteiger charge is 2.47. The first-order valence-electron chi connectivity index (χ1n) is 7.21. The molecule has 0 saturated carbocycles. The lowest BCUT2D eigenvalue weighted by molar-refractivity contribution is -0.174. The highest BCUT2D eigenvalue weighted by atomic mass is 32.1. The second kappa shape index (κ2) is 6.80.